The van der Waals surface area contributed by atoms with Crippen molar-refractivity contribution in [3.8, 4) is 5.75 Å². The third-order valence-electron chi connectivity index (χ3n) is 3.52. The van der Waals surface area contributed by atoms with Crippen molar-refractivity contribution in [1.29, 1.82) is 0 Å². The first-order valence-electron chi connectivity index (χ1n) is 7.36. The highest BCUT2D eigenvalue weighted by Gasteiger charge is 2.16. The van der Waals surface area contributed by atoms with Crippen molar-refractivity contribution in [3.63, 3.8) is 0 Å². The van der Waals surface area contributed by atoms with Gasteiger partial charge in [0.25, 0.3) is 0 Å². The normalized spacial score (nSPS) is 10.2. The van der Waals surface area contributed by atoms with E-state index in [1.54, 1.807) is 7.11 Å². The van der Waals surface area contributed by atoms with Gasteiger partial charge in [0.2, 0.25) is 0 Å². The highest BCUT2D eigenvalue weighted by Crippen LogP contribution is 2.26. The van der Waals surface area contributed by atoms with Gasteiger partial charge in [-0.15, -0.1) is 0 Å². The van der Waals surface area contributed by atoms with E-state index in [1.165, 1.54) is 14.2 Å². The summed E-state index contributed by atoms with van der Waals surface area (Å²) in [7, 11) is 4.30. The number of esters is 2. The second-order valence-corrected chi connectivity index (χ2v) is 5.12. The van der Waals surface area contributed by atoms with Crippen molar-refractivity contribution < 1.29 is 23.8 Å². The standard InChI is InChI=1S/C17H24O5/c1-12-10-13(8-6-5-7-9-15(18)20-2)11-14(16(12)21-3)17(19)22-4/h10-11H,5-9H2,1-4H3. The molecule has 0 amide bonds. The number of carbonyl (C=O) groups excluding carboxylic acids is 2. The number of hydrogen-bond acceptors (Lipinski definition) is 5. The van der Waals surface area contributed by atoms with Crippen LogP contribution in [0.1, 0.15) is 47.2 Å². The summed E-state index contributed by atoms with van der Waals surface area (Å²) in [6.07, 6.45) is 3.99. The predicted octanol–water partition coefficient (Wildman–Crippen LogP) is 3.07. The SMILES string of the molecule is COC(=O)CCCCCc1cc(C)c(OC)c(C(=O)OC)c1. The Kier molecular flexibility index (Phi) is 7.43. The molecule has 5 nitrogen and oxygen atoms in total. The van der Waals surface area contributed by atoms with Gasteiger partial charge < -0.3 is 14.2 Å². The molecule has 0 unspecified atom stereocenters. The molecule has 22 heavy (non-hydrogen) atoms. The number of rotatable bonds is 8. The van der Waals surface area contributed by atoms with Crippen molar-refractivity contribution in [1.82, 2.24) is 0 Å². The minimum absolute atomic E-state index is 0.173. The van der Waals surface area contributed by atoms with Crippen molar-refractivity contribution in [2.75, 3.05) is 21.3 Å². The Morgan fingerprint density at radius 2 is 1.73 bits per heavy atom. The van der Waals surface area contributed by atoms with E-state index in [2.05, 4.69) is 4.74 Å². The lowest BCUT2D eigenvalue weighted by atomic mass is 10.00. The van der Waals surface area contributed by atoms with E-state index in [9.17, 15) is 9.59 Å². The Morgan fingerprint density at radius 1 is 1.00 bits per heavy atom. The molecule has 0 N–H and O–H groups in total. The van der Waals surface area contributed by atoms with Crippen LogP contribution < -0.4 is 4.74 Å². The van der Waals surface area contributed by atoms with Crippen molar-refractivity contribution >= 4 is 11.9 Å². The second kappa shape index (κ2) is 9.07. The Balaban J connectivity index is 2.66. The lowest BCUT2D eigenvalue weighted by molar-refractivity contribution is -0.140. The fraction of sp³-hybridized carbons (Fsp3) is 0.529. The van der Waals surface area contributed by atoms with E-state index >= 15 is 0 Å². The third kappa shape index (κ3) is 5.06. The molecule has 0 heterocycles. The maximum atomic E-state index is 11.8. The quantitative estimate of drug-likeness (QED) is 0.545. The van der Waals surface area contributed by atoms with Gasteiger partial charge in [-0.05, 0) is 43.4 Å². The van der Waals surface area contributed by atoms with Gasteiger partial charge in [0.15, 0.2) is 0 Å². The molecule has 0 aliphatic heterocycles. The number of ether oxygens (including phenoxy) is 3. The first-order chi connectivity index (χ1) is 10.5. The summed E-state index contributed by atoms with van der Waals surface area (Å²) in [6.45, 7) is 1.91. The summed E-state index contributed by atoms with van der Waals surface area (Å²) >= 11 is 0. The van der Waals surface area contributed by atoms with E-state index in [0.29, 0.717) is 17.7 Å². The molecule has 0 atom stereocenters. The van der Waals surface area contributed by atoms with Crippen LogP contribution in [-0.4, -0.2) is 33.3 Å². The molecule has 1 aromatic carbocycles. The van der Waals surface area contributed by atoms with Crippen LogP contribution in [0.15, 0.2) is 12.1 Å². The Hall–Kier alpha value is -2.04. The van der Waals surface area contributed by atoms with Crippen LogP contribution in [0.3, 0.4) is 0 Å². The van der Waals surface area contributed by atoms with Crippen LogP contribution in [0, 0.1) is 6.92 Å². The summed E-state index contributed by atoms with van der Waals surface area (Å²) in [6, 6.07) is 3.84. The lowest BCUT2D eigenvalue weighted by Crippen LogP contribution is -2.06. The molecular weight excluding hydrogens is 284 g/mol. The lowest BCUT2D eigenvalue weighted by Gasteiger charge is -2.12. The van der Waals surface area contributed by atoms with Gasteiger partial charge in [0.05, 0.1) is 21.3 Å². The highest BCUT2D eigenvalue weighted by atomic mass is 16.5. The average Bonchev–Trinajstić information content (AvgIpc) is 2.52. The van der Waals surface area contributed by atoms with Crippen LogP contribution in [0.5, 0.6) is 5.75 Å². The van der Waals surface area contributed by atoms with Gasteiger partial charge in [-0.2, -0.15) is 0 Å². The molecule has 0 aromatic heterocycles. The Bertz CT molecular complexity index is 522. The van der Waals surface area contributed by atoms with E-state index in [4.69, 9.17) is 9.47 Å². The number of hydrogen-bond donors (Lipinski definition) is 0. The fourth-order valence-electron chi connectivity index (χ4n) is 2.40. The molecule has 1 aromatic rings. The summed E-state index contributed by atoms with van der Waals surface area (Å²) in [5.41, 5.74) is 2.43. The third-order valence-corrected chi connectivity index (χ3v) is 3.52. The molecule has 1 rings (SSSR count). The maximum Gasteiger partial charge on any atom is 0.341 e. The monoisotopic (exact) mass is 308 g/mol. The molecular formula is C17H24O5. The Morgan fingerprint density at radius 3 is 2.32 bits per heavy atom. The minimum atomic E-state index is -0.396. The topological polar surface area (TPSA) is 61.8 Å². The molecule has 5 heteroatoms. The largest absolute Gasteiger partial charge is 0.496 e. The highest BCUT2D eigenvalue weighted by molar-refractivity contribution is 5.93. The number of aryl methyl sites for hydroxylation is 2. The zero-order valence-corrected chi connectivity index (χ0v) is 13.7. The molecule has 0 aliphatic carbocycles. The number of carbonyl (C=O) groups is 2. The second-order valence-electron chi connectivity index (χ2n) is 5.12. The zero-order chi connectivity index (χ0) is 16.5. The zero-order valence-electron chi connectivity index (χ0n) is 13.7. The van der Waals surface area contributed by atoms with Gasteiger partial charge >= 0.3 is 11.9 Å². The number of benzene rings is 1. The molecule has 0 aliphatic rings. The average molecular weight is 308 g/mol. The predicted molar refractivity (Wildman–Crippen MR) is 83.3 cm³/mol. The maximum absolute atomic E-state index is 11.8. The molecule has 122 valence electrons. The summed E-state index contributed by atoms with van der Waals surface area (Å²) in [5.74, 6) is -0.0120. The van der Waals surface area contributed by atoms with Crippen LogP contribution >= 0.6 is 0 Å². The molecule has 0 radical (unpaired) electrons. The smallest absolute Gasteiger partial charge is 0.341 e. The molecule has 0 fully saturated rings. The molecule has 0 bridgehead atoms. The first-order valence-corrected chi connectivity index (χ1v) is 7.36. The summed E-state index contributed by atoms with van der Waals surface area (Å²) in [5, 5.41) is 0. The summed E-state index contributed by atoms with van der Waals surface area (Å²) in [4.78, 5) is 22.9. The van der Waals surface area contributed by atoms with Gasteiger partial charge in [0, 0.05) is 6.42 Å². The van der Waals surface area contributed by atoms with Gasteiger partial charge in [-0.25, -0.2) is 4.79 Å². The van der Waals surface area contributed by atoms with E-state index < -0.39 is 5.97 Å². The van der Waals surface area contributed by atoms with Gasteiger partial charge in [-0.3, -0.25) is 4.79 Å². The van der Waals surface area contributed by atoms with E-state index in [-0.39, 0.29) is 5.97 Å². The fourth-order valence-corrected chi connectivity index (χ4v) is 2.40. The summed E-state index contributed by atoms with van der Waals surface area (Å²) < 4.78 is 14.7. The van der Waals surface area contributed by atoms with E-state index in [1.807, 2.05) is 19.1 Å². The van der Waals surface area contributed by atoms with Crippen LogP contribution in [0.25, 0.3) is 0 Å². The molecule has 0 saturated heterocycles. The van der Waals surface area contributed by atoms with Crippen LogP contribution in [0.4, 0.5) is 0 Å². The van der Waals surface area contributed by atoms with E-state index in [0.717, 1.165) is 36.8 Å². The van der Waals surface area contributed by atoms with Crippen molar-refractivity contribution in [2.45, 2.75) is 39.0 Å². The molecule has 0 spiro atoms. The van der Waals surface area contributed by atoms with Crippen molar-refractivity contribution in [2.24, 2.45) is 0 Å². The Labute approximate surface area is 131 Å². The first kappa shape index (κ1) is 18.0. The van der Waals surface area contributed by atoms with Gasteiger partial charge in [0.1, 0.15) is 11.3 Å². The minimum Gasteiger partial charge on any atom is -0.496 e. The van der Waals surface area contributed by atoms with Crippen LogP contribution in [0.2, 0.25) is 0 Å². The number of unbranched alkanes of at least 4 members (excludes halogenated alkanes) is 2. The van der Waals surface area contributed by atoms with Gasteiger partial charge in [-0.1, -0.05) is 12.5 Å². The van der Waals surface area contributed by atoms with Crippen molar-refractivity contribution in [3.05, 3.63) is 28.8 Å². The number of methoxy groups -OCH3 is 3. The molecule has 0 saturated carbocycles. The van der Waals surface area contributed by atoms with Crippen LogP contribution in [-0.2, 0) is 20.7 Å².